The molecule has 0 amide bonds. The minimum absolute atomic E-state index is 0.352. The fourth-order valence-corrected chi connectivity index (χ4v) is 3.89. The molecule has 3 aromatic rings. The topological polar surface area (TPSA) is 101 Å². The van der Waals surface area contributed by atoms with E-state index in [4.69, 9.17) is 37.1 Å². The Labute approximate surface area is 206 Å². The number of ether oxygens (including phenoxy) is 2. The van der Waals surface area contributed by atoms with Gasteiger partial charge in [-0.25, -0.2) is 5.43 Å². The molecule has 2 fully saturated rings. The lowest BCUT2D eigenvalue weighted by Gasteiger charge is -2.30. The van der Waals surface area contributed by atoms with E-state index in [9.17, 15) is 0 Å². The summed E-state index contributed by atoms with van der Waals surface area (Å²) in [7, 11) is 0. The minimum Gasteiger partial charge on any atom is -0.455 e. The predicted octanol–water partition coefficient (Wildman–Crippen LogP) is 3.56. The zero-order chi connectivity index (χ0) is 23.3. The Balaban J connectivity index is 1.33. The van der Waals surface area contributed by atoms with Gasteiger partial charge in [-0.3, -0.25) is 0 Å². The third-order valence-corrected chi connectivity index (χ3v) is 6.13. The molecule has 0 aliphatic carbocycles. The molecule has 0 atom stereocenters. The summed E-state index contributed by atoms with van der Waals surface area (Å²) in [4.78, 5) is 18.0. The largest absolute Gasteiger partial charge is 0.455 e. The zero-order valence-electron chi connectivity index (χ0n) is 18.3. The van der Waals surface area contributed by atoms with Crippen LogP contribution in [0.25, 0.3) is 11.3 Å². The van der Waals surface area contributed by atoms with Gasteiger partial charge in [0.15, 0.2) is 0 Å². The smallest absolute Gasteiger partial charge is 0.250 e. The van der Waals surface area contributed by atoms with E-state index in [0.717, 1.165) is 31.7 Å². The van der Waals surface area contributed by atoms with Crippen LogP contribution in [0.1, 0.15) is 5.76 Å². The number of furan rings is 1. The average molecular weight is 504 g/mol. The number of hydrazone groups is 1. The van der Waals surface area contributed by atoms with Crippen molar-refractivity contribution in [1.29, 1.82) is 0 Å². The van der Waals surface area contributed by atoms with E-state index in [1.807, 2.05) is 18.2 Å². The van der Waals surface area contributed by atoms with Gasteiger partial charge >= 0.3 is 0 Å². The van der Waals surface area contributed by atoms with Crippen LogP contribution in [0.3, 0.4) is 0 Å². The van der Waals surface area contributed by atoms with Crippen molar-refractivity contribution in [2.45, 2.75) is 0 Å². The Morgan fingerprint density at radius 1 is 0.824 bits per heavy atom. The van der Waals surface area contributed by atoms with Gasteiger partial charge in [0.05, 0.1) is 42.7 Å². The molecule has 0 unspecified atom stereocenters. The van der Waals surface area contributed by atoms with Crippen LogP contribution in [0.4, 0.5) is 17.8 Å². The third-order valence-electron chi connectivity index (χ3n) is 5.39. The van der Waals surface area contributed by atoms with Crippen molar-refractivity contribution in [3.05, 3.63) is 46.1 Å². The van der Waals surface area contributed by atoms with Gasteiger partial charge in [0.2, 0.25) is 17.8 Å². The lowest BCUT2D eigenvalue weighted by molar-refractivity contribution is 0.121. The Kier molecular flexibility index (Phi) is 7.10. The van der Waals surface area contributed by atoms with Crippen molar-refractivity contribution in [2.75, 3.05) is 67.8 Å². The average Bonchev–Trinajstić information content (AvgIpc) is 3.35. The van der Waals surface area contributed by atoms with Crippen LogP contribution >= 0.6 is 23.2 Å². The van der Waals surface area contributed by atoms with Gasteiger partial charge in [-0.05, 0) is 30.3 Å². The molecule has 4 heterocycles. The van der Waals surface area contributed by atoms with Crippen LogP contribution in [0.5, 0.6) is 0 Å². The predicted molar refractivity (Wildman–Crippen MR) is 131 cm³/mol. The molecule has 2 saturated heterocycles. The monoisotopic (exact) mass is 503 g/mol. The van der Waals surface area contributed by atoms with E-state index in [-0.39, 0.29) is 0 Å². The summed E-state index contributed by atoms with van der Waals surface area (Å²) in [5, 5.41) is 5.23. The summed E-state index contributed by atoms with van der Waals surface area (Å²) in [6.45, 7) is 5.44. The molecule has 0 radical (unpaired) electrons. The number of benzene rings is 1. The lowest BCUT2D eigenvalue weighted by Crippen LogP contribution is -2.40. The third kappa shape index (κ3) is 5.41. The molecular weight excluding hydrogens is 481 g/mol. The van der Waals surface area contributed by atoms with Gasteiger partial charge in [0.25, 0.3) is 0 Å². The van der Waals surface area contributed by atoms with Crippen LogP contribution in [0, 0.1) is 0 Å². The quantitative estimate of drug-likeness (QED) is 0.399. The standard InChI is InChI=1S/C22H23Cl2N7O3/c23-17-3-1-15(13-18(17)24)19-4-2-16(34-19)14-25-29-20-26-21(30-5-9-32-10-6-30)28-22(27-20)31-7-11-33-12-8-31/h1-4,13-14H,5-12H2,(H,26,27,28,29)/b25-14-. The second-order valence-electron chi connectivity index (χ2n) is 7.66. The molecule has 0 saturated carbocycles. The van der Waals surface area contributed by atoms with Crippen LogP contribution in [0.15, 0.2) is 39.9 Å². The summed E-state index contributed by atoms with van der Waals surface area (Å²) in [5.41, 5.74) is 3.73. The molecule has 34 heavy (non-hydrogen) atoms. The number of aromatic nitrogens is 3. The molecule has 0 spiro atoms. The van der Waals surface area contributed by atoms with E-state index < -0.39 is 0 Å². The number of halogens is 2. The summed E-state index contributed by atoms with van der Waals surface area (Å²) in [6, 6.07) is 8.99. The molecule has 0 bridgehead atoms. The SMILES string of the molecule is Clc1ccc(-c2ccc(/C=N\Nc3nc(N4CCOCC4)nc(N4CCOCC4)n3)o2)cc1Cl. The molecule has 12 heteroatoms. The summed E-state index contributed by atoms with van der Waals surface area (Å²) >= 11 is 12.1. The molecule has 10 nitrogen and oxygen atoms in total. The van der Waals surface area contributed by atoms with Crippen LogP contribution in [-0.4, -0.2) is 73.8 Å². The Morgan fingerprint density at radius 2 is 1.47 bits per heavy atom. The van der Waals surface area contributed by atoms with Gasteiger partial charge in [-0.1, -0.05) is 23.2 Å². The second-order valence-corrected chi connectivity index (χ2v) is 8.47. The molecule has 1 N–H and O–H groups in total. The van der Waals surface area contributed by atoms with Gasteiger partial charge in [-0.2, -0.15) is 20.1 Å². The van der Waals surface area contributed by atoms with Crippen molar-refractivity contribution in [3.8, 4) is 11.3 Å². The number of anilines is 3. The molecule has 178 valence electrons. The van der Waals surface area contributed by atoms with Crippen molar-refractivity contribution in [1.82, 2.24) is 15.0 Å². The number of nitrogens with zero attached hydrogens (tertiary/aromatic N) is 6. The Morgan fingerprint density at radius 3 is 2.09 bits per heavy atom. The molecule has 5 rings (SSSR count). The van der Waals surface area contributed by atoms with Gasteiger partial charge in [0.1, 0.15) is 11.5 Å². The summed E-state index contributed by atoms with van der Waals surface area (Å²) in [5.74, 6) is 2.76. The number of morpholine rings is 2. The maximum absolute atomic E-state index is 6.11. The minimum atomic E-state index is 0.352. The van der Waals surface area contributed by atoms with Gasteiger partial charge in [-0.15, -0.1) is 0 Å². The maximum atomic E-state index is 6.11. The number of rotatable bonds is 6. The molecular formula is C22H23Cl2N7O3. The highest BCUT2D eigenvalue weighted by atomic mass is 35.5. The Bertz CT molecular complexity index is 1120. The van der Waals surface area contributed by atoms with E-state index >= 15 is 0 Å². The lowest BCUT2D eigenvalue weighted by atomic mass is 10.2. The first-order valence-corrected chi connectivity index (χ1v) is 11.7. The first kappa shape index (κ1) is 22.9. The van der Waals surface area contributed by atoms with E-state index in [1.165, 1.54) is 0 Å². The van der Waals surface area contributed by atoms with Crippen molar-refractivity contribution < 1.29 is 13.9 Å². The molecule has 2 aliphatic rings. The van der Waals surface area contributed by atoms with Crippen molar-refractivity contribution in [3.63, 3.8) is 0 Å². The molecule has 2 aliphatic heterocycles. The van der Waals surface area contributed by atoms with Crippen LogP contribution in [-0.2, 0) is 9.47 Å². The summed E-state index contributed by atoms with van der Waals surface area (Å²) < 4.78 is 16.8. The summed E-state index contributed by atoms with van der Waals surface area (Å²) in [6.07, 6.45) is 1.56. The molecule has 1 aromatic carbocycles. The number of nitrogens with one attached hydrogen (secondary N) is 1. The zero-order valence-corrected chi connectivity index (χ0v) is 19.8. The van der Waals surface area contributed by atoms with E-state index in [0.29, 0.717) is 65.8 Å². The van der Waals surface area contributed by atoms with E-state index in [1.54, 1.807) is 18.3 Å². The van der Waals surface area contributed by atoms with Crippen molar-refractivity contribution in [2.24, 2.45) is 5.10 Å². The fraction of sp³-hybridized carbons (Fsp3) is 0.364. The first-order valence-electron chi connectivity index (χ1n) is 10.9. The highest BCUT2D eigenvalue weighted by molar-refractivity contribution is 6.42. The highest BCUT2D eigenvalue weighted by Crippen LogP contribution is 2.29. The fourth-order valence-electron chi connectivity index (χ4n) is 3.59. The van der Waals surface area contributed by atoms with Gasteiger partial charge < -0.3 is 23.7 Å². The molecule has 2 aromatic heterocycles. The first-order chi connectivity index (χ1) is 16.7. The maximum Gasteiger partial charge on any atom is 0.250 e. The van der Waals surface area contributed by atoms with Crippen LogP contribution in [0.2, 0.25) is 10.0 Å². The normalized spacial score (nSPS) is 16.9. The number of hydrogen-bond acceptors (Lipinski definition) is 10. The Hall–Kier alpha value is -2.92. The van der Waals surface area contributed by atoms with Gasteiger partial charge in [0, 0.05) is 31.7 Å². The van der Waals surface area contributed by atoms with Crippen LogP contribution < -0.4 is 15.2 Å². The highest BCUT2D eigenvalue weighted by Gasteiger charge is 2.20. The second kappa shape index (κ2) is 10.6. The van der Waals surface area contributed by atoms with Crippen molar-refractivity contribution >= 4 is 47.3 Å². The van der Waals surface area contributed by atoms with E-state index in [2.05, 4.69) is 35.3 Å². The number of hydrogen-bond donors (Lipinski definition) is 1.